The van der Waals surface area contributed by atoms with Gasteiger partial charge in [0.1, 0.15) is 0 Å². The molecule has 0 saturated heterocycles. The van der Waals surface area contributed by atoms with Crippen molar-refractivity contribution in [2.24, 2.45) is 0 Å². The summed E-state index contributed by atoms with van der Waals surface area (Å²) in [6.07, 6.45) is 0.824. The lowest BCUT2D eigenvalue weighted by molar-refractivity contribution is 0.0743. The van der Waals surface area contributed by atoms with E-state index < -0.39 is 10.1 Å². The predicted octanol–water partition coefficient (Wildman–Crippen LogP) is -0.00250. The van der Waals surface area contributed by atoms with Gasteiger partial charge in [0.25, 0.3) is 10.1 Å². The summed E-state index contributed by atoms with van der Waals surface area (Å²) in [5.74, 6) is 0. The average Bonchev–Trinajstić information content (AvgIpc) is 1.81. The highest BCUT2D eigenvalue weighted by Gasteiger charge is 2.05. The second-order valence-corrected chi connectivity index (χ2v) is 3.68. The zero-order chi connectivity index (χ0) is 8.20. The van der Waals surface area contributed by atoms with Crippen LogP contribution in [0.2, 0.25) is 0 Å². The van der Waals surface area contributed by atoms with E-state index in [1.165, 1.54) is 7.11 Å². The molecule has 1 unspecified atom stereocenters. The second-order valence-electron chi connectivity index (χ2n) is 2.03. The van der Waals surface area contributed by atoms with Gasteiger partial charge >= 0.3 is 0 Å². The minimum absolute atomic E-state index is 0.0787. The number of rotatable bonds is 4. The van der Waals surface area contributed by atoms with Crippen LogP contribution in [0.5, 0.6) is 0 Å². The van der Waals surface area contributed by atoms with Crippen LogP contribution in [0.25, 0.3) is 0 Å². The summed E-state index contributed by atoms with van der Waals surface area (Å²) >= 11 is 0. The van der Waals surface area contributed by atoms with Crippen molar-refractivity contribution in [2.45, 2.75) is 13.0 Å². The second kappa shape index (κ2) is 3.90. The first-order valence-corrected chi connectivity index (χ1v) is 4.64. The molecule has 0 rings (SSSR count). The number of ether oxygens (including phenoxy) is 1. The normalized spacial score (nSPS) is 15.1. The summed E-state index contributed by atoms with van der Waals surface area (Å²) in [5, 5.41) is 0. The van der Waals surface area contributed by atoms with Gasteiger partial charge in [0.05, 0.1) is 19.0 Å². The standard InChI is InChI=1S/C5H12O4S/c1-5(8-2)4-9-10(3,6)7/h5H,4H2,1-3H3. The maximum Gasteiger partial charge on any atom is 0.264 e. The van der Waals surface area contributed by atoms with Crippen LogP contribution >= 0.6 is 0 Å². The van der Waals surface area contributed by atoms with Crippen molar-refractivity contribution in [3.63, 3.8) is 0 Å². The van der Waals surface area contributed by atoms with E-state index in [1.807, 2.05) is 0 Å². The highest BCUT2D eigenvalue weighted by Crippen LogP contribution is 1.92. The highest BCUT2D eigenvalue weighted by atomic mass is 32.2. The smallest absolute Gasteiger partial charge is 0.264 e. The SMILES string of the molecule is COC(C)COS(C)(=O)=O. The van der Waals surface area contributed by atoms with E-state index in [0.717, 1.165) is 6.26 Å². The quantitative estimate of drug-likeness (QED) is 0.554. The monoisotopic (exact) mass is 168 g/mol. The van der Waals surface area contributed by atoms with Crippen LogP contribution < -0.4 is 0 Å². The third-order valence-electron chi connectivity index (χ3n) is 0.919. The van der Waals surface area contributed by atoms with Gasteiger partial charge < -0.3 is 4.74 Å². The van der Waals surface area contributed by atoms with E-state index in [-0.39, 0.29) is 12.7 Å². The molecule has 4 nitrogen and oxygen atoms in total. The Labute approximate surface area is 61.3 Å². The maximum absolute atomic E-state index is 10.4. The fourth-order valence-electron chi connectivity index (χ4n) is 0.287. The molecule has 0 spiro atoms. The Morgan fingerprint density at radius 1 is 1.50 bits per heavy atom. The van der Waals surface area contributed by atoms with Crippen molar-refractivity contribution in [3.8, 4) is 0 Å². The zero-order valence-corrected chi connectivity index (χ0v) is 7.14. The van der Waals surface area contributed by atoms with E-state index >= 15 is 0 Å². The van der Waals surface area contributed by atoms with Crippen molar-refractivity contribution in [3.05, 3.63) is 0 Å². The summed E-state index contributed by atoms with van der Waals surface area (Å²) in [4.78, 5) is 0. The Balaban J connectivity index is 3.56. The first-order chi connectivity index (χ1) is 4.45. The molecule has 1 atom stereocenters. The Kier molecular flexibility index (Phi) is 3.85. The molecule has 0 bridgehead atoms. The molecule has 0 radical (unpaired) electrons. The topological polar surface area (TPSA) is 52.6 Å². The molecule has 0 aliphatic rings. The average molecular weight is 168 g/mol. The molecule has 0 aromatic rings. The number of hydrogen-bond acceptors (Lipinski definition) is 4. The zero-order valence-electron chi connectivity index (χ0n) is 6.33. The first kappa shape index (κ1) is 9.87. The van der Waals surface area contributed by atoms with Gasteiger partial charge in [-0.1, -0.05) is 0 Å². The van der Waals surface area contributed by atoms with Crippen molar-refractivity contribution in [1.29, 1.82) is 0 Å². The molecular weight excluding hydrogens is 156 g/mol. The summed E-state index contributed by atoms with van der Waals surface area (Å²) in [6.45, 7) is 1.81. The maximum atomic E-state index is 10.4. The number of methoxy groups -OCH3 is 1. The van der Waals surface area contributed by atoms with Crippen molar-refractivity contribution >= 4 is 10.1 Å². The van der Waals surface area contributed by atoms with Crippen molar-refractivity contribution in [2.75, 3.05) is 20.0 Å². The third-order valence-corrected chi connectivity index (χ3v) is 1.48. The molecule has 0 saturated carbocycles. The van der Waals surface area contributed by atoms with E-state index in [2.05, 4.69) is 4.18 Å². The van der Waals surface area contributed by atoms with Crippen LogP contribution in [0.1, 0.15) is 6.92 Å². The molecule has 0 aromatic carbocycles. The Morgan fingerprint density at radius 2 is 2.00 bits per heavy atom. The summed E-state index contributed by atoms with van der Waals surface area (Å²) in [6, 6.07) is 0. The van der Waals surface area contributed by atoms with E-state index in [0.29, 0.717) is 0 Å². The Hall–Kier alpha value is -0.130. The molecule has 0 aromatic heterocycles. The Morgan fingerprint density at radius 3 is 2.30 bits per heavy atom. The van der Waals surface area contributed by atoms with Gasteiger partial charge in [0.15, 0.2) is 0 Å². The van der Waals surface area contributed by atoms with Gasteiger partial charge in [0.2, 0.25) is 0 Å². The molecule has 0 aliphatic heterocycles. The first-order valence-electron chi connectivity index (χ1n) is 2.83. The lowest BCUT2D eigenvalue weighted by atomic mass is 10.4. The van der Waals surface area contributed by atoms with Crippen LogP contribution in [0, 0.1) is 0 Å². The molecule has 0 heterocycles. The Bertz CT molecular complexity index is 172. The van der Waals surface area contributed by atoms with Crippen LogP contribution in [-0.2, 0) is 19.0 Å². The predicted molar refractivity (Wildman–Crippen MR) is 37.3 cm³/mol. The van der Waals surface area contributed by atoms with Crippen molar-refractivity contribution < 1.29 is 17.3 Å². The van der Waals surface area contributed by atoms with Gasteiger partial charge in [-0.05, 0) is 6.92 Å². The molecule has 0 N–H and O–H groups in total. The largest absolute Gasteiger partial charge is 0.379 e. The number of hydrogen-bond donors (Lipinski definition) is 0. The summed E-state index contributed by atoms with van der Waals surface area (Å²) in [7, 11) is -1.81. The van der Waals surface area contributed by atoms with Gasteiger partial charge in [-0.25, -0.2) is 0 Å². The summed E-state index contributed by atoms with van der Waals surface area (Å²) in [5.41, 5.74) is 0. The molecule has 0 fully saturated rings. The van der Waals surface area contributed by atoms with Gasteiger partial charge in [0, 0.05) is 7.11 Å². The van der Waals surface area contributed by atoms with Crippen molar-refractivity contribution in [1.82, 2.24) is 0 Å². The fraction of sp³-hybridized carbons (Fsp3) is 1.00. The van der Waals surface area contributed by atoms with E-state index in [9.17, 15) is 8.42 Å². The molecule has 0 amide bonds. The molecule has 62 valence electrons. The van der Waals surface area contributed by atoms with Crippen LogP contribution in [0.15, 0.2) is 0 Å². The minimum atomic E-state index is -3.31. The van der Waals surface area contributed by atoms with Crippen LogP contribution in [-0.4, -0.2) is 34.5 Å². The molecule has 10 heavy (non-hydrogen) atoms. The van der Waals surface area contributed by atoms with Crippen LogP contribution in [0.3, 0.4) is 0 Å². The minimum Gasteiger partial charge on any atom is -0.379 e. The highest BCUT2D eigenvalue weighted by molar-refractivity contribution is 7.85. The lowest BCUT2D eigenvalue weighted by Gasteiger charge is -2.07. The van der Waals surface area contributed by atoms with Gasteiger partial charge in [-0.3, -0.25) is 4.18 Å². The lowest BCUT2D eigenvalue weighted by Crippen LogP contribution is -2.16. The molecular formula is C5H12O4S. The third kappa shape index (κ3) is 6.00. The van der Waals surface area contributed by atoms with Gasteiger partial charge in [-0.15, -0.1) is 0 Å². The molecule has 0 aliphatic carbocycles. The summed E-state index contributed by atoms with van der Waals surface area (Å²) < 4.78 is 29.9. The van der Waals surface area contributed by atoms with E-state index in [4.69, 9.17) is 4.74 Å². The molecule has 5 heteroatoms. The fourth-order valence-corrected chi connectivity index (χ4v) is 0.726. The van der Waals surface area contributed by atoms with Gasteiger partial charge in [-0.2, -0.15) is 8.42 Å². The van der Waals surface area contributed by atoms with E-state index in [1.54, 1.807) is 6.92 Å². The van der Waals surface area contributed by atoms with Crippen LogP contribution in [0.4, 0.5) is 0 Å².